The summed E-state index contributed by atoms with van der Waals surface area (Å²) in [5.74, 6) is 0.198. The van der Waals surface area contributed by atoms with Gasteiger partial charge in [-0.2, -0.15) is 0 Å². The smallest absolute Gasteiger partial charge is 0.254 e. The van der Waals surface area contributed by atoms with Crippen LogP contribution in [0.4, 0.5) is 0 Å². The molecule has 1 aliphatic heterocycles. The Kier molecular flexibility index (Phi) is 5.03. The molecule has 3 aromatic rings. The lowest BCUT2D eigenvalue weighted by Crippen LogP contribution is -2.35. The Balaban J connectivity index is 1.39. The molecule has 1 amide bonds. The zero-order chi connectivity index (χ0) is 19.6. The van der Waals surface area contributed by atoms with E-state index in [0.29, 0.717) is 0 Å². The molecule has 29 heavy (non-hydrogen) atoms. The zero-order valence-electron chi connectivity index (χ0n) is 16.8. The third-order valence-corrected chi connectivity index (χ3v) is 6.26. The Hall–Kier alpha value is -2.72. The Bertz CT molecular complexity index is 1030. The van der Waals surface area contributed by atoms with Gasteiger partial charge in [0.05, 0.1) is 11.1 Å². The van der Waals surface area contributed by atoms with Crippen LogP contribution in [0.1, 0.15) is 40.0 Å². The molecule has 1 saturated heterocycles. The van der Waals surface area contributed by atoms with Crippen LogP contribution in [0.25, 0.3) is 10.9 Å². The number of aromatic nitrogens is 1. The van der Waals surface area contributed by atoms with E-state index in [4.69, 9.17) is 4.98 Å². The topological polar surface area (TPSA) is 36.4 Å². The molecule has 4 heteroatoms. The molecule has 2 aliphatic rings. The average Bonchev–Trinajstić information content (AvgIpc) is 3.10. The highest BCUT2D eigenvalue weighted by Crippen LogP contribution is 2.31. The second kappa shape index (κ2) is 7.96. The van der Waals surface area contributed by atoms with E-state index in [1.807, 2.05) is 18.2 Å². The molecule has 0 unspecified atom stereocenters. The molecule has 0 N–H and O–H groups in total. The fourth-order valence-corrected chi connectivity index (χ4v) is 4.79. The van der Waals surface area contributed by atoms with Gasteiger partial charge in [-0.1, -0.05) is 48.5 Å². The van der Waals surface area contributed by atoms with E-state index in [9.17, 15) is 4.79 Å². The van der Waals surface area contributed by atoms with Crippen LogP contribution in [-0.2, 0) is 19.4 Å². The van der Waals surface area contributed by atoms with E-state index < -0.39 is 0 Å². The molecule has 0 spiro atoms. The highest BCUT2D eigenvalue weighted by atomic mass is 16.2. The minimum Gasteiger partial charge on any atom is -0.337 e. The predicted octanol–water partition coefficient (Wildman–Crippen LogP) is 4.07. The summed E-state index contributed by atoms with van der Waals surface area (Å²) in [6.45, 7) is 4.53. The minimum atomic E-state index is 0.198. The number of benzene rings is 2. The molecule has 0 atom stereocenters. The van der Waals surface area contributed by atoms with E-state index in [1.54, 1.807) is 0 Å². The molecule has 0 saturated carbocycles. The Labute approximate surface area is 172 Å². The average molecular weight is 386 g/mol. The van der Waals surface area contributed by atoms with E-state index in [2.05, 4.69) is 46.2 Å². The molecule has 2 heterocycles. The molecule has 0 radical (unpaired) electrons. The quantitative estimate of drug-likeness (QED) is 0.682. The highest BCUT2D eigenvalue weighted by molar-refractivity contribution is 6.07. The molecule has 2 aromatic carbocycles. The van der Waals surface area contributed by atoms with Crippen molar-refractivity contribution in [1.82, 2.24) is 14.8 Å². The van der Waals surface area contributed by atoms with Gasteiger partial charge in [0.25, 0.3) is 5.91 Å². The predicted molar refractivity (Wildman–Crippen MR) is 116 cm³/mol. The SMILES string of the molecule is O=C(c1c2c(nc3ccccc13)CCC2)N1CCCN(Cc2ccccc2)CC1. The van der Waals surface area contributed by atoms with Crippen LogP contribution in [0.2, 0.25) is 0 Å². The molecule has 1 aromatic heterocycles. The number of nitrogens with zero attached hydrogens (tertiary/aromatic N) is 3. The number of aryl methyl sites for hydroxylation is 1. The van der Waals surface area contributed by atoms with Crippen molar-refractivity contribution >= 4 is 16.8 Å². The Morgan fingerprint density at radius 1 is 0.862 bits per heavy atom. The van der Waals surface area contributed by atoms with E-state index in [1.165, 1.54) is 11.1 Å². The summed E-state index contributed by atoms with van der Waals surface area (Å²) < 4.78 is 0. The van der Waals surface area contributed by atoms with Crippen LogP contribution in [-0.4, -0.2) is 46.9 Å². The molecule has 1 aliphatic carbocycles. The van der Waals surface area contributed by atoms with Gasteiger partial charge in [0.1, 0.15) is 0 Å². The summed E-state index contributed by atoms with van der Waals surface area (Å²) in [6.07, 6.45) is 4.08. The van der Waals surface area contributed by atoms with Crippen molar-refractivity contribution in [2.75, 3.05) is 26.2 Å². The largest absolute Gasteiger partial charge is 0.337 e. The number of para-hydroxylation sites is 1. The van der Waals surface area contributed by atoms with Crippen LogP contribution < -0.4 is 0 Å². The number of hydrogen-bond donors (Lipinski definition) is 0. The van der Waals surface area contributed by atoms with Gasteiger partial charge in [0.15, 0.2) is 0 Å². The second-order valence-corrected chi connectivity index (χ2v) is 8.19. The van der Waals surface area contributed by atoms with E-state index in [-0.39, 0.29) is 5.91 Å². The maximum Gasteiger partial charge on any atom is 0.254 e. The first-order valence-electron chi connectivity index (χ1n) is 10.8. The van der Waals surface area contributed by atoms with Crippen LogP contribution in [0.5, 0.6) is 0 Å². The van der Waals surface area contributed by atoms with Crippen molar-refractivity contribution < 1.29 is 4.79 Å². The minimum absolute atomic E-state index is 0.198. The monoisotopic (exact) mass is 385 g/mol. The number of carbonyl (C=O) groups excluding carboxylic acids is 1. The van der Waals surface area contributed by atoms with Gasteiger partial charge in [-0.15, -0.1) is 0 Å². The summed E-state index contributed by atoms with van der Waals surface area (Å²) >= 11 is 0. The van der Waals surface area contributed by atoms with E-state index >= 15 is 0 Å². The van der Waals surface area contributed by atoms with Crippen LogP contribution in [0.3, 0.4) is 0 Å². The molecule has 148 valence electrons. The van der Waals surface area contributed by atoms with Crippen molar-refractivity contribution in [3.05, 3.63) is 77.0 Å². The molecular weight excluding hydrogens is 358 g/mol. The van der Waals surface area contributed by atoms with Gasteiger partial charge in [0.2, 0.25) is 0 Å². The zero-order valence-corrected chi connectivity index (χ0v) is 16.8. The van der Waals surface area contributed by atoms with Crippen molar-refractivity contribution in [3.63, 3.8) is 0 Å². The van der Waals surface area contributed by atoms with Gasteiger partial charge in [-0.25, -0.2) is 0 Å². The summed E-state index contributed by atoms with van der Waals surface area (Å²) in [4.78, 5) is 23.1. The molecule has 0 bridgehead atoms. The normalized spacial score (nSPS) is 17.3. The summed E-state index contributed by atoms with van der Waals surface area (Å²) in [6, 6.07) is 18.7. The van der Waals surface area contributed by atoms with Crippen LogP contribution >= 0.6 is 0 Å². The third-order valence-electron chi connectivity index (χ3n) is 6.26. The first-order valence-corrected chi connectivity index (χ1v) is 10.8. The fraction of sp³-hybridized carbons (Fsp3) is 0.360. The first-order chi connectivity index (χ1) is 14.3. The lowest BCUT2D eigenvalue weighted by Gasteiger charge is -2.24. The molecule has 1 fully saturated rings. The van der Waals surface area contributed by atoms with Gasteiger partial charge in [-0.05, 0) is 42.9 Å². The third kappa shape index (κ3) is 3.65. The highest BCUT2D eigenvalue weighted by Gasteiger charge is 2.28. The fourth-order valence-electron chi connectivity index (χ4n) is 4.79. The summed E-state index contributed by atoms with van der Waals surface area (Å²) in [5, 5.41) is 1.02. The Morgan fingerprint density at radius 2 is 1.69 bits per heavy atom. The van der Waals surface area contributed by atoms with Crippen molar-refractivity contribution in [1.29, 1.82) is 0 Å². The van der Waals surface area contributed by atoms with Gasteiger partial charge in [-0.3, -0.25) is 14.7 Å². The first kappa shape index (κ1) is 18.3. The van der Waals surface area contributed by atoms with Gasteiger partial charge in [0, 0.05) is 43.8 Å². The summed E-state index contributed by atoms with van der Waals surface area (Å²) in [5.41, 5.74) is 5.54. The maximum atomic E-state index is 13.7. The lowest BCUT2D eigenvalue weighted by molar-refractivity contribution is 0.0762. The lowest BCUT2D eigenvalue weighted by atomic mass is 10.00. The number of pyridine rings is 1. The molecule has 5 rings (SSSR count). The van der Waals surface area contributed by atoms with Crippen molar-refractivity contribution in [2.45, 2.75) is 32.2 Å². The van der Waals surface area contributed by atoms with Crippen molar-refractivity contribution in [3.8, 4) is 0 Å². The number of carbonyl (C=O) groups is 1. The van der Waals surface area contributed by atoms with Crippen LogP contribution in [0.15, 0.2) is 54.6 Å². The number of fused-ring (bicyclic) bond motifs is 2. The standard InChI is InChI=1S/C25H27N3O/c29-25(24-20-10-4-5-12-22(20)26-23-13-6-11-21(23)24)28-15-7-14-27(16-17-28)18-19-8-2-1-3-9-19/h1-5,8-10,12H,6-7,11,13-18H2. The molecular formula is C25H27N3O. The number of hydrogen-bond acceptors (Lipinski definition) is 3. The van der Waals surface area contributed by atoms with E-state index in [0.717, 1.165) is 80.6 Å². The van der Waals surface area contributed by atoms with Crippen molar-refractivity contribution in [2.24, 2.45) is 0 Å². The number of amides is 1. The number of rotatable bonds is 3. The van der Waals surface area contributed by atoms with Crippen LogP contribution in [0, 0.1) is 0 Å². The Morgan fingerprint density at radius 3 is 2.59 bits per heavy atom. The second-order valence-electron chi connectivity index (χ2n) is 8.19. The maximum absolute atomic E-state index is 13.7. The molecule has 4 nitrogen and oxygen atoms in total. The van der Waals surface area contributed by atoms with Gasteiger partial charge < -0.3 is 4.90 Å². The summed E-state index contributed by atoms with van der Waals surface area (Å²) in [7, 11) is 0. The van der Waals surface area contributed by atoms with Gasteiger partial charge >= 0.3 is 0 Å².